The van der Waals surface area contributed by atoms with Crippen molar-refractivity contribution in [1.29, 1.82) is 0 Å². The maximum Gasteiger partial charge on any atom is 0.150 e. The highest BCUT2D eigenvalue weighted by atomic mass is 15.2. The highest BCUT2D eigenvalue weighted by Gasteiger charge is 2.12. The third kappa shape index (κ3) is 3.74. The van der Waals surface area contributed by atoms with E-state index in [1.165, 1.54) is 0 Å². The summed E-state index contributed by atoms with van der Waals surface area (Å²) in [5.41, 5.74) is 8.67. The average molecular weight is 271 g/mol. The van der Waals surface area contributed by atoms with Crippen LogP contribution in [0.5, 0.6) is 0 Å². The van der Waals surface area contributed by atoms with Crippen molar-refractivity contribution < 1.29 is 0 Å². The Balaban J connectivity index is 2.24. The second-order valence-electron chi connectivity index (χ2n) is 4.85. The second-order valence-corrected chi connectivity index (χ2v) is 4.85. The largest absolute Gasteiger partial charge is 0.351 e. The molecule has 2 heterocycles. The van der Waals surface area contributed by atoms with Gasteiger partial charge in [0.2, 0.25) is 0 Å². The van der Waals surface area contributed by atoms with Crippen LogP contribution in [-0.2, 0) is 6.54 Å². The molecule has 2 rings (SSSR count). The summed E-state index contributed by atoms with van der Waals surface area (Å²) in [6, 6.07) is 4.02. The molecular formula is C15H21N5. The monoisotopic (exact) mass is 271 g/mol. The van der Waals surface area contributed by atoms with E-state index in [-0.39, 0.29) is 0 Å². The Morgan fingerprint density at radius 2 is 2.10 bits per heavy atom. The van der Waals surface area contributed by atoms with E-state index in [1.807, 2.05) is 26.1 Å². The molecule has 0 bridgehead atoms. The number of aryl methyl sites for hydroxylation is 2. The minimum atomic E-state index is 0.668. The van der Waals surface area contributed by atoms with Crippen LogP contribution in [0.4, 0.5) is 5.82 Å². The number of hydrogen-bond donors (Lipinski definition) is 1. The van der Waals surface area contributed by atoms with Crippen LogP contribution < -0.4 is 10.6 Å². The number of nitrogens with two attached hydrogens (primary N) is 1. The number of nitrogens with zero attached hydrogens (tertiary/aromatic N) is 4. The van der Waals surface area contributed by atoms with E-state index in [1.54, 1.807) is 12.4 Å². The Morgan fingerprint density at radius 1 is 1.25 bits per heavy atom. The molecule has 5 heteroatoms. The van der Waals surface area contributed by atoms with E-state index in [9.17, 15) is 0 Å². The lowest BCUT2D eigenvalue weighted by Gasteiger charge is -2.25. The number of anilines is 1. The molecule has 0 saturated carbocycles. The molecule has 0 aliphatic rings. The zero-order valence-electron chi connectivity index (χ0n) is 12.1. The minimum Gasteiger partial charge on any atom is -0.351 e. The summed E-state index contributed by atoms with van der Waals surface area (Å²) >= 11 is 0. The fourth-order valence-corrected chi connectivity index (χ4v) is 2.08. The molecular weight excluding hydrogens is 250 g/mol. The topological polar surface area (TPSA) is 67.9 Å². The lowest BCUT2D eigenvalue weighted by Crippen LogP contribution is -2.27. The number of hydrogen-bond acceptors (Lipinski definition) is 5. The molecule has 0 aromatic carbocycles. The molecule has 2 aromatic heterocycles. The predicted molar refractivity (Wildman–Crippen MR) is 80.5 cm³/mol. The third-order valence-corrected chi connectivity index (χ3v) is 3.08. The molecule has 2 aromatic rings. The van der Waals surface area contributed by atoms with Gasteiger partial charge in [0, 0.05) is 31.7 Å². The second kappa shape index (κ2) is 6.96. The zero-order valence-corrected chi connectivity index (χ0v) is 12.1. The number of rotatable bonds is 6. The molecule has 2 N–H and O–H groups in total. The lowest BCUT2D eigenvalue weighted by atomic mass is 10.2. The first-order valence-corrected chi connectivity index (χ1v) is 6.85. The zero-order chi connectivity index (χ0) is 14.4. The fourth-order valence-electron chi connectivity index (χ4n) is 2.08. The van der Waals surface area contributed by atoms with Gasteiger partial charge in [0.25, 0.3) is 0 Å². The van der Waals surface area contributed by atoms with E-state index < -0.39 is 0 Å². The molecule has 0 unspecified atom stereocenters. The van der Waals surface area contributed by atoms with E-state index in [2.05, 4.69) is 25.9 Å². The average Bonchev–Trinajstić information content (AvgIpc) is 2.47. The maximum atomic E-state index is 5.64. The Kier molecular flexibility index (Phi) is 5.01. The van der Waals surface area contributed by atoms with Crippen molar-refractivity contribution >= 4 is 5.82 Å². The van der Waals surface area contributed by atoms with Gasteiger partial charge in [0.15, 0.2) is 5.82 Å². The molecule has 0 saturated heterocycles. The number of pyridine rings is 1. The SMILES string of the molecule is Cc1cnc(C)c(N(CCCN)Cc2cccnc2)n1. The molecule has 0 aliphatic heterocycles. The molecule has 0 spiro atoms. The van der Waals surface area contributed by atoms with E-state index >= 15 is 0 Å². The summed E-state index contributed by atoms with van der Waals surface area (Å²) in [7, 11) is 0. The van der Waals surface area contributed by atoms with Crippen LogP contribution in [0, 0.1) is 13.8 Å². The van der Waals surface area contributed by atoms with Crippen LogP contribution in [-0.4, -0.2) is 28.0 Å². The Bertz CT molecular complexity index is 541. The maximum absolute atomic E-state index is 5.64. The lowest BCUT2D eigenvalue weighted by molar-refractivity contribution is 0.717. The summed E-state index contributed by atoms with van der Waals surface area (Å²) < 4.78 is 0. The molecule has 0 amide bonds. The molecule has 106 valence electrons. The van der Waals surface area contributed by atoms with Crippen LogP contribution in [0.2, 0.25) is 0 Å². The Hall–Kier alpha value is -2.01. The smallest absolute Gasteiger partial charge is 0.150 e. The highest BCUT2D eigenvalue weighted by Crippen LogP contribution is 2.18. The van der Waals surface area contributed by atoms with Crippen molar-refractivity contribution in [1.82, 2.24) is 15.0 Å². The molecule has 0 fully saturated rings. The minimum absolute atomic E-state index is 0.668. The van der Waals surface area contributed by atoms with Crippen LogP contribution >= 0.6 is 0 Å². The third-order valence-electron chi connectivity index (χ3n) is 3.08. The summed E-state index contributed by atoms with van der Waals surface area (Å²) in [6.07, 6.45) is 6.39. The van der Waals surface area contributed by atoms with Crippen molar-refractivity contribution in [2.75, 3.05) is 18.0 Å². The van der Waals surface area contributed by atoms with Gasteiger partial charge in [0.1, 0.15) is 0 Å². The molecule has 5 nitrogen and oxygen atoms in total. The summed E-state index contributed by atoms with van der Waals surface area (Å²) in [5.74, 6) is 0.933. The van der Waals surface area contributed by atoms with E-state index in [0.29, 0.717) is 6.54 Å². The first kappa shape index (κ1) is 14.4. The fraction of sp³-hybridized carbons (Fsp3) is 0.400. The van der Waals surface area contributed by atoms with Crippen molar-refractivity contribution in [3.8, 4) is 0 Å². The van der Waals surface area contributed by atoms with Gasteiger partial charge >= 0.3 is 0 Å². The first-order valence-electron chi connectivity index (χ1n) is 6.85. The van der Waals surface area contributed by atoms with Gasteiger partial charge in [0.05, 0.1) is 11.4 Å². The van der Waals surface area contributed by atoms with Gasteiger partial charge in [-0.15, -0.1) is 0 Å². The van der Waals surface area contributed by atoms with Crippen LogP contribution in [0.1, 0.15) is 23.4 Å². The van der Waals surface area contributed by atoms with Gasteiger partial charge < -0.3 is 10.6 Å². The molecule has 0 radical (unpaired) electrons. The van der Waals surface area contributed by atoms with Crippen molar-refractivity contribution in [3.63, 3.8) is 0 Å². The summed E-state index contributed by atoms with van der Waals surface area (Å²) in [6.45, 7) is 6.25. The van der Waals surface area contributed by atoms with Gasteiger partial charge in [-0.3, -0.25) is 9.97 Å². The van der Waals surface area contributed by atoms with Crippen LogP contribution in [0.15, 0.2) is 30.7 Å². The standard InChI is InChI=1S/C15H21N5/c1-12-9-18-13(2)15(19-12)20(8-4-6-16)11-14-5-3-7-17-10-14/h3,5,7,9-10H,4,6,8,11,16H2,1-2H3. The van der Waals surface area contributed by atoms with Gasteiger partial charge in [-0.1, -0.05) is 6.07 Å². The van der Waals surface area contributed by atoms with E-state index in [0.717, 1.165) is 42.3 Å². The molecule has 20 heavy (non-hydrogen) atoms. The van der Waals surface area contributed by atoms with Gasteiger partial charge in [-0.25, -0.2) is 4.98 Å². The van der Waals surface area contributed by atoms with Crippen molar-refractivity contribution in [2.45, 2.75) is 26.8 Å². The van der Waals surface area contributed by atoms with Gasteiger partial charge in [-0.05, 0) is 38.4 Å². The molecule has 0 atom stereocenters. The quantitative estimate of drug-likeness (QED) is 0.868. The first-order chi connectivity index (χ1) is 9.70. The Morgan fingerprint density at radius 3 is 2.80 bits per heavy atom. The van der Waals surface area contributed by atoms with Crippen LogP contribution in [0.25, 0.3) is 0 Å². The van der Waals surface area contributed by atoms with E-state index in [4.69, 9.17) is 5.73 Å². The summed E-state index contributed by atoms with van der Waals surface area (Å²) in [4.78, 5) is 15.4. The van der Waals surface area contributed by atoms with Crippen molar-refractivity contribution in [2.24, 2.45) is 5.73 Å². The normalized spacial score (nSPS) is 10.6. The summed E-state index contributed by atoms with van der Waals surface area (Å²) in [5, 5.41) is 0. The highest BCUT2D eigenvalue weighted by molar-refractivity contribution is 5.43. The Labute approximate surface area is 119 Å². The molecule has 0 aliphatic carbocycles. The van der Waals surface area contributed by atoms with Crippen molar-refractivity contribution in [3.05, 3.63) is 47.7 Å². The van der Waals surface area contributed by atoms with Gasteiger partial charge in [-0.2, -0.15) is 0 Å². The van der Waals surface area contributed by atoms with Crippen LogP contribution in [0.3, 0.4) is 0 Å². The predicted octanol–water partition coefficient (Wildman–Crippen LogP) is 1.84. The number of aromatic nitrogens is 3.